The van der Waals surface area contributed by atoms with Crippen molar-refractivity contribution in [3.8, 4) is 0 Å². The van der Waals surface area contributed by atoms with Crippen LogP contribution in [0, 0.1) is 40.5 Å². The number of benzene rings is 1. The van der Waals surface area contributed by atoms with Gasteiger partial charge in [-0.05, 0) is 62.8 Å². The molecule has 0 spiro atoms. The van der Waals surface area contributed by atoms with Crippen LogP contribution < -0.4 is 0 Å². The van der Waals surface area contributed by atoms with Crippen molar-refractivity contribution in [3.05, 3.63) is 33.8 Å². The molecule has 0 N–H and O–H groups in total. The van der Waals surface area contributed by atoms with Crippen LogP contribution in [0.2, 0.25) is 0 Å². The van der Waals surface area contributed by atoms with Crippen molar-refractivity contribution in [2.24, 2.45) is 5.92 Å². The summed E-state index contributed by atoms with van der Waals surface area (Å²) < 4.78 is 0. The smallest absolute Gasteiger partial charge is 0.132 e. The zero-order valence-electron chi connectivity index (χ0n) is 14.0. The van der Waals surface area contributed by atoms with E-state index in [2.05, 4.69) is 55.4 Å². The number of nitrogens with zero attached hydrogens (tertiary/aromatic N) is 2. The minimum atomic E-state index is 0.388. The van der Waals surface area contributed by atoms with E-state index < -0.39 is 0 Å². The second kappa shape index (κ2) is 5.16. The maximum Gasteiger partial charge on any atom is 0.132 e. The zero-order valence-corrected chi connectivity index (χ0v) is 14.0. The Morgan fingerprint density at radius 2 is 1.25 bits per heavy atom. The molecule has 2 heteroatoms. The molecule has 0 saturated heterocycles. The van der Waals surface area contributed by atoms with Crippen molar-refractivity contribution in [1.29, 1.82) is 0 Å². The van der Waals surface area contributed by atoms with Gasteiger partial charge in [-0.1, -0.05) is 20.8 Å². The van der Waals surface area contributed by atoms with Crippen LogP contribution >= 0.6 is 0 Å². The summed E-state index contributed by atoms with van der Waals surface area (Å²) in [6.45, 7) is 17.5. The molecule has 0 aliphatic rings. The average molecular weight is 270 g/mol. The Bertz CT molecular complexity index is 669. The van der Waals surface area contributed by atoms with Gasteiger partial charge < -0.3 is 0 Å². The first-order chi connectivity index (χ1) is 9.25. The fourth-order valence-electron chi connectivity index (χ4n) is 2.74. The minimum Gasteiger partial charge on any atom is -0.237 e. The van der Waals surface area contributed by atoms with Crippen LogP contribution in [0.25, 0.3) is 10.9 Å². The van der Waals surface area contributed by atoms with Gasteiger partial charge in [0.2, 0.25) is 0 Å². The van der Waals surface area contributed by atoms with Crippen LogP contribution in [0.15, 0.2) is 0 Å². The highest BCUT2D eigenvalue weighted by Gasteiger charge is 2.18. The highest BCUT2D eigenvalue weighted by atomic mass is 14.9. The summed E-state index contributed by atoms with van der Waals surface area (Å²) in [6, 6.07) is 0. The Labute approximate surface area is 122 Å². The van der Waals surface area contributed by atoms with Crippen LogP contribution in [-0.4, -0.2) is 9.97 Å². The molecule has 20 heavy (non-hydrogen) atoms. The summed E-state index contributed by atoms with van der Waals surface area (Å²) in [6.07, 6.45) is 0. The maximum absolute atomic E-state index is 4.91. The minimum absolute atomic E-state index is 0.388. The number of rotatable bonds is 2. The monoisotopic (exact) mass is 270 g/mol. The lowest BCUT2D eigenvalue weighted by atomic mass is 9.92. The average Bonchev–Trinajstić information content (AvgIpc) is 2.40. The predicted octanol–water partition coefficient (Wildman–Crippen LogP) is 4.93. The molecule has 0 aliphatic carbocycles. The lowest BCUT2D eigenvalue weighted by Gasteiger charge is -2.19. The first kappa shape index (κ1) is 15.0. The van der Waals surface area contributed by atoms with E-state index >= 15 is 0 Å². The van der Waals surface area contributed by atoms with Crippen LogP contribution in [0.1, 0.15) is 60.5 Å². The summed E-state index contributed by atoms with van der Waals surface area (Å²) in [4.78, 5) is 9.69. The summed E-state index contributed by atoms with van der Waals surface area (Å²) >= 11 is 0. The number of fused-ring (bicyclic) bond motifs is 1. The van der Waals surface area contributed by atoms with Crippen molar-refractivity contribution >= 4 is 10.9 Å². The van der Waals surface area contributed by atoms with Gasteiger partial charge in [0.15, 0.2) is 0 Å². The quantitative estimate of drug-likeness (QED) is 0.773. The van der Waals surface area contributed by atoms with E-state index in [0.717, 1.165) is 17.0 Å². The molecule has 1 aromatic heterocycles. The number of aryl methyl sites for hydroxylation is 3. The van der Waals surface area contributed by atoms with Crippen LogP contribution in [0.4, 0.5) is 0 Å². The molecule has 1 atom stereocenters. The summed E-state index contributed by atoms with van der Waals surface area (Å²) in [5, 5.41) is 1.24. The first-order valence-electron chi connectivity index (χ1n) is 7.50. The van der Waals surface area contributed by atoms with Crippen LogP contribution in [0.5, 0.6) is 0 Å². The van der Waals surface area contributed by atoms with Crippen molar-refractivity contribution in [3.63, 3.8) is 0 Å². The van der Waals surface area contributed by atoms with Gasteiger partial charge >= 0.3 is 0 Å². The van der Waals surface area contributed by atoms with Crippen molar-refractivity contribution in [2.45, 2.75) is 61.3 Å². The van der Waals surface area contributed by atoms with Crippen molar-refractivity contribution in [2.75, 3.05) is 0 Å². The highest BCUT2D eigenvalue weighted by Crippen LogP contribution is 2.31. The number of hydrogen-bond donors (Lipinski definition) is 0. The molecular weight excluding hydrogens is 244 g/mol. The molecule has 1 unspecified atom stereocenters. The zero-order chi connectivity index (χ0) is 15.2. The Kier molecular flexibility index (Phi) is 3.86. The molecule has 1 heterocycles. The van der Waals surface area contributed by atoms with Gasteiger partial charge in [-0.15, -0.1) is 0 Å². The van der Waals surface area contributed by atoms with Gasteiger partial charge in [-0.25, -0.2) is 9.97 Å². The van der Waals surface area contributed by atoms with E-state index in [1.54, 1.807) is 0 Å². The summed E-state index contributed by atoms with van der Waals surface area (Å²) in [5.41, 5.74) is 7.60. The summed E-state index contributed by atoms with van der Waals surface area (Å²) in [5.74, 6) is 1.93. The lowest BCUT2D eigenvalue weighted by molar-refractivity contribution is 0.511. The molecule has 1 aromatic carbocycles. The van der Waals surface area contributed by atoms with Crippen molar-refractivity contribution < 1.29 is 0 Å². The summed E-state index contributed by atoms with van der Waals surface area (Å²) in [7, 11) is 0. The standard InChI is InChI=1S/C18H26N2/c1-9(2)10(3)18-19-15(8)16-13(6)11(4)12(5)14(7)17(16)20-18/h9-10H,1-8H3. The molecular formula is C18H26N2. The fraction of sp³-hybridized carbons (Fsp3) is 0.556. The van der Waals surface area contributed by atoms with Crippen LogP contribution in [-0.2, 0) is 0 Å². The Hall–Kier alpha value is -1.44. The normalized spacial score (nSPS) is 13.2. The van der Waals surface area contributed by atoms with E-state index in [9.17, 15) is 0 Å². The first-order valence-corrected chi connectivity index (χ1v) is 7.50. The third kappa shape index (κ3) is 2.21. The second-order valence-electron chi connectivity index (χ2n) is 6.42. The largest absolute Gasteiger partial charge is 0.237 e. The predicted molar refractivity (Wildman–Crippen MR) is 86.5 cm³/mol. The molecule has 0 amide bonds. The van der Waals surface area contributed by atoms with Gasteiger partial charge in [0.25, 0.3) is 0 Å². The van der Waals surface area contributed by atoms with Gasteiger partial charge in [-0.3, -0.25) is 0 Å². The Balaban J connectivity index is 2.85. The van der Waals surface area contributed by atoms with Gasteiger partial charge in [0, 0.05) is 17.0 Å². The molecule has 0 bridgehead atoms. The lowest BCUT2D eigenvalue weighted by Crippen LogP contribution is -2.10. The Morgan fingerprint density at radius 3 is 1.80 bits per heavy atom. The van der Waals surface area contributed by atoms with E-state index in [0.29, 0.717) is 11.8 Å². The van der Waals surface area contributed by atoms with Gasteiger partial charge in [-0.2, -0.15) is 0 Å². The van der Waals surface area contributed by atoms with E-state index in [1.165, 1.54) is 27.6 Å². The van der Waals surface area contributed by atoms with Crippen LogP contribution in [0.3, 0.4) is 0 Å². The number of hydrogen-bond acceptors (Lipinski definition) is 2. The van der Waals surface area contributed by atoms with Crippen molar-refractivity contribution in [1.82, 2.24) is 9.97 Å². The fourth-order valence-corrected chi connectivity index (χ4v) is 2.74. The topological polar surface area (TPSA) is 25.8 Å². The molecule has 0 fully saturated rings. The Morgan fingerprint density at radius 1 is 0.700 bits per heavy atom. The molecule has 0 aliphatic heterocycles. The number of aromatic nitrogens is 2. The van der Waals surface area contributed by atoms with Gasteiger partial charge in [0.05, 0.1) is 5.52 Å². The molecule has 108 valence electrons. The van der Waals surface area contributed by atoms with Gasteiger partial charge in [0.1, 0.15) is 5.82 Å². The SMILES string of the molecule is Cc1c(C)c(C)c2c(C)nc(C(C)C(C)C)nc2c1C. The van der Waals surface area contributed by atoms with E-state index in [1.807, 2.05) is 0 Å². The maximum atomic E-state index is 4.91. The third-order valence-electron chi connectivity index (χ3n) is 4.93. The van der Waals surface area contributed by atoms with E-state index in [4.69, 9.17) is 9.97 Å². The molecule has 0 saturated carbocycles. The molecule has 2 nitrogen and oxygen atoms in total. The molecule has 0 radical (unpaired) electrons. The van der Waals surface area contributed by atoms with E-state index in [-0.39, 0.29) is 0 Å². The highest BCUT2D eigenvalue weighted by molar-refractivity contribution is 5.89. The second-order valence-corrected chi connectivity index (χ2v) is 6.42. The molecule has 2 aromatic rings. The third-order valence-corrected chi connectivity index (χ3v) is 4.93. The molecule has 2 rings (SSSR count).